The fourth-order valence-electron chi connectivity index (χ4n) is 2.21. The van der Waals surface area contributed by atoms with Crippen molar-refractivity contribution in [3.8, 4) is 0 Å². The Kier molecular flexibility index (Phi) is 4.95. The Balaban J connectivity index is 2.50. The topological polar surface area (TPSA) is 114 Å². The molecule has 0 amide bonds. The first-order chi connectivity index (χ1) is 11.2. The fourth-order valence-corrected chi connectivity index (χ4v) is 3.35. The lowest BCUT2D eigenvalue weighted by atomic mass is 10.1. The summed E-state index contributed by atoms with van der Waals surface area (Å²) in [5.41, 5.74) is 0.803. The third-order valence-corrected chi connectivity index (χ3v) is 5.23. The van der Waals surface area contributed by atoms with Crippen molar-refractivity contribution in [1.29, 1.82) is 0 Å². The van der Waals surface area contributed by atoms with Gasteiger partial charge < -0.3 is 14.3 Å². The van der Waals surface area contributed by atoms with E-state index in [4.69, 9.17) is 14.3 Å². The van der Waals surface area contributed by atoms with Crippen molar-refractivity contribution in [2.45, 2.75) is 18.7 Å². The second-order valence-electron chi connectivity index (χ2n) is 5.09. The van der Waals surface area contributed by atoms with Gasteiger partial charge in [-0.3, -0.25) is 4.79 Å². The van der Waals surface area contributed by atoms with E-state index in [9.17, 15) is 18.0 Å². The molecule has 0 fully saturated rings. The number of carbonyl (C=O) groups excluding carboxylic acids is 1. The normalized spacial score (nSPS) is 11.8. The zero-order valence-electron chi connectivity index (χ0n) is 13.4. The van der Waals surface area contributed by atoms with Gasteiger partial charge in [-0.2, -0.15) is 4.31 Å². The van der Waals surface area contributed by atoms with Crippen LogP contribution in [0.2, 0.25) is 0 Å². The standard InChI is InChI=1S/C15H17NO7S/c1-4-22-15(19)14-9(2)11-7-10(5-6-12(11)23-14)24(20,21)16(3)8-13(17)18/h5-7H,4,8H2,1-3H3,(H,17,18). The lowest BCUT2D eigenvalue weighted by Gasteiger charge is -2.14. The van der Waals surface area contributed by atoms with Gasteiger partial charge >= 0.3 is 11.9 Å². The largest absolute Gasteiger partial charge is 0.480 e. The van der Waals surface area contributed by atoms with Crippen LogP contribution in [0.5, 0.6) is 0 Å². The summed E-state index contributed by atoms with van der Waals surface area (Å²) in [4.78, 5) is 22.5. The van der Waals surface area contributed by atoms with Crippen LogP contribution in [0.1, 0.15) is 23.0 Å². The smallest absolute Gasteiger partial charge is 0.374 e. The van der Waals surface area contributed by atoms with Gasteiger partial charge in [0.2, 0.25) is 15.8 Å². The van der Waals surface area contributed by atoms with E-state index in [-0.39, 0.29) is 17.3 Å². The lowest BCUT2D eigenvalue weighted by molar-refractivity contribution is -0.137. The van der Waals surface area contributed by atoms with Crippen LogP contribution >= 0.6 is 0 Å². The van der Waals surface area contributed by atoms with E-state index >= 15 is 0 Å². The van der Waals surface area contributed by atoms with Gasteiger partial charge in [-0.15, -0.1) is 0 Å². The fraction of sp³-hybridized carbons (Fsp3) is 0.333. The average Bonchev–Trinajstić information content (AvgIpc) is 2.83. The monoisotopic (exact) mass is 355 g/mol. The van der Waals surface area contributed by atoms with Gasteiger partial charge in [0.25, 0.3) is 0 Å². The van der Waals surface area contributed by atoms with E-state index in [1.807, 2.05) is 0 Å². The van der Waals surface area contributed by atoms with E-state index < -0.39 is 28.5 Å². The summed E-state index contributed by atoms with van der Waals surface area (Å²) >= 11 is 0. The van der Waals surface area contributed by atoms with Crippen LogP contribution in [0.3, 0.4) is 0 Å². The molecular formula is C15H17NO7S. The molecule has 0 aliphatic carbocycles. The summed E-state index contributed by atoms with van der Waals surface area (Å²) < 4.78 is 35.9. The molecule has 0 radical (unpaired) electrons. The Morgan fingerprint density at radius 2 is 2.00 bits per heavy atom. The zero-order chi connectivity index (χ0) is 18.1. The Morgan fingerprint density at radius 3 is 2.58 bits per heavy atom. The number of carbonyl (C=O) groups is 2. The third-order valence-electron chi connectivity index (χ3n) is 3.43. The van der Waals surface area contributed by atoms with Crippen LogP contribution in [0.4, 0.5) is 0 Å². The average molecular weight is 355 g/mol. The molecule has 0 atom stereocenters. The van der Waals surface area contributed by atoms with Crippen LogP contribution in [0, 0.1) is 6.92 Å². The number of benzene rings is 1. The van der Waals surface area contributed by atoms with Gasteiger partial charge in [-0.05, 0) is 32.0 Å². The highest BCUT2D eigenvalue weighted by atomic mass is 32.2. The predicted molar refractivity (Wildman–Crippen MR) is 84.4 cm³/mol. The SMILES string of the molecule is CCOC(=O)c1oc2ccc(S(=O)(=O)N(C)CC(=O)O)cc2c1C. The number of fused-ring (bicyclic) bond motifs is 1. The van der Waals surface area contributed by atoms with Crippen LogP contribution in [-0.2, 0) is 19.6 Å². The van der Waals surface area contributed by atoms with Crippen LogP contribution in [0.25, 0.3) is 11.0 Å². The molecule has 2 aromatic rings. The second-order valence-corrected chi connectivity index (χ2v) is 7.13. The van der Waals surface area contributed by atoms with Gasteiger partial charge in [-0.1, -0.05) is 0 Å². The van der Waals surface area contributed by atoms with Crippen LogP contribution < -0.4 is 0 Å². The van der Waals surface area contributed by atoms with Crippen LogP contribution in [0.15, 0.2) is 27.5 Å². The van der Waals surface area contributed by atoms with E-state index in [2.05, 4.69) is 0 Å². The summed E-state index contributed by atoms with van der Waals surface area (Å²) in [5, 5.41) is 9.20. The molecule has 2 rings (SSSR count). The van der Waals surface area contributed by atoms with Crippen molar-refractivity contribution in [1.82, 2.24) is 4.31 Å². The van der Waals surface area contributed by atoms with Gasteiger partial charge in [0.1, 0.15) is 12.1 Å². The number of rotatable bonds is 6. The van der Waals surface area contributed by atoms with Crippen molar-refractivity contribution < 1.29 is 32.3 Å². The highest BCUT2D eigenvalue weighted by Crippen LogP contribution is 2.29. The number of ether oxygens (including phenoxy) is 1. The molecule has 0 saturated heterocycles. The third kappa shape index (κ3) is 3.26. The summed E-state index contributed by atoms with van der Waals surface area (Å²) in [7, 11) is -2.79. The summed E-state index contributed by atoms with van der Waals surface area (Å²) in [6.45, 7) is 2.82. The van der Waals surface area contributed by atoms with Crippen LogP contribution in [-0.4, -0.2) is 50.0 Å². The second kappa shape index (κ2) is 6.62. The Hall–Kier alpha value is -2.39. The number of nitrogens with zero attached hydrogens (tertiary/aromatic N) is 1. The number of furan rings is 1. The molecule has 24 heavy (non-hydrogen) atoms. The molecule has 8 nitrogen and oxygen atoms in total. The van der Waals surface area contributed by atoms with E-state index in [1.165, 1.54) is 25.2 Å². The molecule has 1 aromatic carbocycles. The summed E-state index contributed by atoms with van der Waals surface area (Å²) in [5.74, 6) is -1.87. The molecule has 0 saturated carbocycles. The lowest BCUT2D eigenvalue weighted by Crippen LogP contribution is -2.31. The predicted octanol–water partition coefficient (Wildman–Crippen LogP) is 1.62. The number of likely N-dealkylation sites (N-methyl/N-ethyl adjacent to an activating group) is 1. The maximum Gasteiger partial charge on any atom is 0.374 e. The number of hydrogen-bond acceptors (Lipinski definition) is 6. The van der Waals surface area contributed by atoms with Crippen molar-refractivity contribution in [3.63, 3.8) is 0 Å². The van der Waals surface area contributed by atoms with Crippen molar-refractivity contribution >= 4 is 32.9 Å². The summed E-state index contributed by atoms with van der Waals surface area (Å²) in [6, 6.07) is 4.07. The van der Waals surface area contributed by atoms with Gasteiger partial charge in [0, 0.05) is 18.0 Å². The van der Waals surface area contributed by atoms with E-state index in [1.54, 1.807) is 13.8 Å². The first kappa shape index (κ1) is 18.0. The van der Waals surface area contributed by atoms with Crippen molar-refractivity contribution in [2.24, 2.45) is 0 Å². The molecule has 0 spiro atoms. The van der Waals surface area contributed by atoms with Crippen molar-refractivity contribution in [2.75, 3.05) is 20.2 Å². The molecule has 1 heterocycles. The Morgan fingerprint density at radius 1 is 1.33 bits per heavy atom. The molecule has 130 valence electrons. The number of esters is 1. The minimum absolute atomic E-state index is 0.0142. The molecule has 0 bridgehead atoms. The van der Waals surface area contributed by atoms with Gasteiger partial charge in [-0.25, -0.2) is 13.2 Å². The first-order valence-corrected chi connectivity index (χ1v) is 8.51. The number of aliphatic carboxylic acids is 1. The zero-order valence-corrected chi connectivity index (χ0v) is 14.2. The number of hydrogen-bond donors (Lipinski definition) is 1. The maximum atomic E-state index is 12.4. The molecule has 0 unspecified atom stereocenters. The Bertz CT molecular complexity index is 898. The number of carboxylic acid groups (broad SMARTS) is 1. The first-order valence-electron chi connectivity index (χ1n) is 7.07. The molecule has 9 heteroatoms. The quantitative estimate of drug-likeness (QED) is 0.783. The van der Waals surface area contributed by atoms with E-state index in [0.717, 1.165) is 4.31 Å². The molecule has 0 aliphatic heterocycles. The molecule has 1 aromatic heterocycles. The maximum absolute atomic E-state index is 12.4. The van der Waals surface area contributed by atoms with Crippen molar-refractivity contribution in [3.05, 3.63) is 29.5 Å². The minimum atomic E-state index is -3.97. The molecule has 0 aliphatic rings. The highest BCUT2D eigenvalue weighted by Gasteiger charge is 2.25. The molecular weight excluding hydrogens is 338 g/mol. The van der Waals surface area contributed by atoms with E-state index in [0.29, 0.717) is 16.5 Å². The Labute approximate surface area is 138 Å². The molecule has 1 N–H and O–H groups in total. The minimum Gasteiger partial charge on any atom is -0.480 e. The highest BCUT2D eigenvalue weighted by molar-refractivity contribution is 7.89. The van der Waals surface area contributed by atoms with Gasteiger partial charge in [0.05, 0.1) is 11.5 Å². The number of aryl methyl sites for hydroxylation is 1. The number of sulfonamides is 1. The number of carboxylic acids is 1. The van der Waals surface area contributed by atoms with Gasteiger partial charge in [0.15, 0.2) is 0 Å². The summed E-state index contributed by atoms with van der Waals surface area (Å²) in [6.07, 6.45) is 0.